The van der Waals surface area contributed by atoms with Gasteiger partial charge in [-0.05, 0) is 44.9 Å². The van der Waals surface area contributed by atoms with Crippen molar-refractivity contribution >= 4 is 5.91 Å². The Kier molecular flexibility index (Phi) is 5.21. The van der Waals surface area contributed by atoms with Crippen molar-refractivity contribution in [2.75, 3.05) is 0 Å². The minimum Gasteiger partial charge on any atom is -0.487 e. The van der Waals surface area contributed by atoms with Crippen LogP contribution < -0.4 is 14.8 Å². The number of benzene rings is 2. The Hall–Kier alpha value is -2.49. The van der Waals surface area contributed by atoms with E-state index in [1.54, 1.807) is 6.92 Å². The largest absolute Gasteiger partial charge is 0.487 e. The van der Waals surface area contributed by atoms with E-state index in [1.807, 2.05) is 62.4 Å². The number of carbonyl (C=O) groups excluding carboxylic acids is 1. The lowest BCUT2D eigenvalue weighted by molar-refractivity contribution is -0.128. The fourth-order valence-electron chi connectivity index (χ4n) is 3.37. The van der Waals surface area contributed by atoms with Gasteiger partial charge < -0.3 is 14.8 Å². The van der Waals surface area contributed by atoms with Crippen LogP contribution in [0.15, 0.2) is 48.5 Å². The van der Waals surface area contributed by atoms with Gasteiger partial charge in [0.05, 0.1) is 6.04 Å². The van der Waals surface area contributed by atoms with E-state index in [2.05, 4.69) is 12.2 Å². The predicted molar refractivity (Wildman–Crippen MR) is 103 cm³/mol. The molecule has 3 rings (SSSR count). The zero-order valence-electron chi connectivity index (χ0n) is 15.9. The molecule has 0 fully saturated rings. The van der Waals surface area contributed by atoms with Crippen LogP contribution in [0.4, 0.5) is 0 Å². The highest BCUT2D eigenvalue weighted by Crippen LogP contribution is 2.39. The van der Waals surface area contributed by atoms with Crippen LogP contribution in [-0.4, -0.2) is 17.6 Å². The smallest absolute Gasteiger partial charge is 0.261 e. The summed E-state index contributed by atoms with van der Waals surface area (Å²) in [6.45, 7) is 7.95. The van der Waals surface area contributed by atoms with Crippen molar-refractivity contribution in [3.63, 3.8) is 0 Å². The molecule has 1 aliphatic heterocycles. The number of amides is 1. The average Bonchev–Trinajstić information content (AvgIpc) is 2.61. The second-order valence-corrected chi connectivity index (χ2v) is 7.39. The summed E-state index contributed by atoms with van der Waals surface area (Å²) in [6.07, 6.45) is 1.01. The SMILES string of the molecule is CCc1ccccc1O[C@H](C)C(=O)N[C@@H]1CC(C)(C)Oc2ccccc21. The lowest BCUT2D eigenvalue weighted by atomic mass is 9.89. The highest BCUT2D eigenvalue weighted by molar-refractivity contribution is 5.81. The van der Waals surface area contributed by atoms with Crippen molar-refractivity contribution in [3.05, 3.63) is 59.7 Å². The number of rotatable bonds is 5. The van der Waals surface area contributed by atoms with E-state index in [0.717, 1.165) is 29.0 Å². The fraction of sp³-hybridized carbons (Fsp3) is 0.409. The van der Waals surface area contributed by atoms with Gasteiger partial charge in [-0.3, -0.25) is 4.79 Å². The number of ether oxygens (including phenoxy) is 2. The highest BCUT2D eigenvalue weighted by atomic mass is 16.5. The minimum atomic E-state index is -0.569. The van der Waals surface area contributed by atoms with Gasteiger partial charge in [-0.2, -0.15) is 0 Å². The summed E-state index contributed by atoms with van der Waals surface area (Å²) >= 11 is 0. The highest BCUT2D eigenvalue weighted by Gasteiger charge is 2.35. The second kappa shape index (κ2) is 7.40. The molecule has 0 saturated heterocycles. The summed E-state index contributed by atoms with van der Waals surface area (Å²) < 4.78 is 12.0. The molecule has 0 saturated carbocycles. The van der Waals surface area contributed by atoms with Gasteiger partial charge in [0.2, 0.25) is 0 Å². The van der Waals surface area contributed by atoms with Gasteiger partial charge >= 0.3 is 0 Å². The van der Waals surface area contributed by atoms with Crippen molar-refractivity contribution < 1.29 is 14.3 Å². The molecule has 1 N–H and O–H groups in total. The first kappa shape index (κ1) is 18.3. The molecule has 0 spiro atoms. The van der Waals surface area contributed by atoms with Crippen molar-refractivity contribution in [2.45, 2.75) is 58.3 Å². The van der Waals surface area contributed by atoms with Crippen LogP contribution in [0.5, 0.6) is 11.5 Å². The molecule has 0 radical (unpaired) electrons. The van der Waals surface area contributed by atoms with Crippen LogP contribution in [0.1, 0.15) is 51.3 Å². The van der Waals surface area contributed by atoms with Crippen molar-refractivity contribution in [1.82, 2.24) is 5.32 Å². The van der Waals surface area contributed by atoms with Gasteiger partial charge in [-0.1, -0.05) is 43.3 Å². The maximum Gasteiger partial charge on any atom is 0.261 e. The molecule has 0 bridgehead atoms. The molecule has 4 heteroatoms. The minimum absolute atomic E-state index is 0.0880. The van der Waals surface area contributed by atoms with E-state index < -0.39 is 6.10 Å². The van der Waals surface area contributed by atoms with Gasteiger partial charge in [0.1, 0.15) is 17.1 Å². The van der Waals surface area contributed by atoms with Gasteiger partial charge in [-0.15, -0.1) is 0 Å². The molecule has 2 atom stereocenters. The second-order valence-electron chi connectivity index (χ2n) is 7.39. The van der Waals surface area contributed by atoms with Gasteiger partial charge in [-0.25, -0.2) is 0 Å². The van der Waals surface area contributed by atoms with Crippen LogP contribution in [0.3, 0.4) is 0 Å². The van der Waals surface area contributed by atoms with E-state index in [-0.39, 0.29) is 17.6 Å². The maximum atomic E-state index is 12.8. The topological polar surface area (TPSA) is 47.6 Å². The fourth-order valence-corrected chi connectivity index (χ4v) is 3.37. The molecule has 0 aliphatic carbocycles. The lowest BCUT2D eigenvalue weighted by Crippen LogP contribution is -2.44. The third kappa shape index (κ3) is 4.01. The first-order chi connectivity index (χ1) is 12.4. The first-order valence-electron chi connectivity index (χ1n) is 9.22. The molecule has 0 aromatic heterocycles. The van der Waals surface area contributed by atoms with Gasteiger partial charge in [0.25, 0.3) is 5.91 Å². The summed E-state index contributed by atoms with van der Waals surface area (Å²) in [5.74, 6) is 1.48. The Morgan fingerprint density at radius 2 is 1.92 bits per heavy atom. The average molecular weight is 353 g/mol. The number of hydrogen-bond donors (Lipinski definition) is 1. The van der Waals surface area contributed by atoms with Crippen molar-refractivity contribution in [3.8, 4) is 11.5 Å². The third-order valence-corrected chi connectivity index (χ3v) is 4.72. The number of hydrogen-bond acceptors (Lipinski definition) is 3. The van der Waals surface area contributed by atoms with Crippen LogP contribution in [-0.2, 0) is 11.2 Å². The van der Waals surface area contributed by atoms with Crippen LogP contribution in [0.25, 0.3) is 0 Å². The predicted octanol–water partition coefficient (Wildman–Crippen LogP) is 4.43. The van der Waals surface area contributed by atoms with E-state index in [9.17, 15) is 4.79 Å². The Morgan fingerprint density at radius 1 is 1.23 bits per heavy atom. The zero-order chi connectivity index (χ0) is 18.7. The number of aryl methyl sites for hydroxylation is 1. The van der Waals surface area contributed by atoms with Crippen molar-refractivity contribution in [1.29, 1.82) is 0 Å². The molecule has 2 aromatic carbocycles. The van der Waals surface area contributed by atoms with Crippen LogP contribution in [0.2, 0.25) is 0 Å². The summed E-state index contributed by atoms with van der Waals surface area (Å²) in [5, 5.41) is 3.14. The molecule has 2 aromatic rings. The third-order valence-electron chi connectivity index (χ3n) is 4.72. The Morgan fingerprint density at radius 3 is 2.69 bits per heavy atom. The molecular formula is C22H27NO3. The quantitative estimate of drug-likeness (QED) is 0.865. The standard InChI is InChI=1S/C22H27NO3/c1-5-16-10-6-8-12-19(16)25-15(2)21(24)23-18-14-22(3,4)26-20-13-9-7-11-17(18)20/h6-13,15,18H,5,14H2,1-4H3,(H,23,24)/t15-,18-/m1/s1. The molecule has 0 unspecified atom stereocenters. The molecule has 138 valence electrons. The summed E-state index contributed by atoms with van der Waals surface area (Å²) in [4.78, 5) is 12.8. The Bertz CT molecular complexity index is 784. The molecule has 26 heavy (non-hydrogen) atoms. The van der Waals surface area contributed by atoms with Crippen molar-refractivity contribution in [2.24, 2.45) is 0 Å². The first-order valence-corrected chi connectivity index (χ1v) is 9.22. The number of para-hydroxylation sites is 2. The van der Waals surface area contributed by atoms with E-state index in [1.165, 1.54) is 0 Å². The maximum absolute atomic E-state index is 12.8. The summed E-state index contributed by atoms with van der Waals surface area (Å²) in [6, 6.07) is 15.6. The van der Waals surface area contributed by atoms with E-state index >= 15 is 0 Å². The number of fused-ring (bicyclic) bond motifs is 1. The zero-order valence-corrected chi connectivity index (χ0v) is 15.9. The van der Waals surface area contributed by atoms with Crippen LogP contribution in [0, 0.1) is 0 Å². The summed E-state index contributed by atoms with van der Waals surface area (Å²) in [7, 11) is 0. The van der Waals surface area contributed by atoms with Gasteiger partial charge in [0, 0.05) is 12.0 Å². The normalized spacial score (nSPS) is 19.0. The van der Waals surface area contributed by atoms with Gasteiger partial charge in [0.15, 0.2) is 6.10 Å². The molecule has 1 aliphatic rings. The molecule has 4 nitrogen and oxygen atoms in total. The van der Waals surface area contributed by atoms with E-state index in [4.69, 9.17) is 9.47 Å². The van der Waals surface area contributed by atoms with Crippen LogP contribution >= 0.6 is 0 Å². The number of nitrogens with one attached hydrogen (secondary N) is 1. The Labute approximate surface area is 155 Å². The Balaban J connectivity index is 1.73. The lowest BCUT2D eigenvalue weighted by Gasteiger charge is -2.38. The molecular weight excluding hydrogens is 326 g/mol. The molecule has 1 heterocycles. The van der Waals surface area contributed by atoms with E-state index in [0.29, 0.717) is 6.42 Å². The summed E-state index contributed by atoms with van der Waals surface area (Å²) in [5.41, 5.74) is 1.79. The number of carbonyl (C=O) groups is 1. The molecule has 1 amide bonds. The monoisotopic (exact) mass is 353 g/mol.